The summed E-state index contributed by atoms with van der Waals surface area (Å²) >= 11 is 1.49. The van der Waals surface area contributed by atoms with E-state index in [1.807, 2.05) is 40.0 Å². The highest BCUT2D eigenvalue weighted by Crippen LogP contribution is 2.22. The van der Waals surface area contributed by atoms with Crippen LogP contribution >= 0.6 is 11.3 Å². The second-order valence-electron chi connectivity index (χ2n) is 7.09. The number of piperidine rings is 1. The van der Waals surface area contributed by atoms with Crippen molar-refractivity contribution in [2.24, 2.45) is 0 Å². The number of rotatable bonds is 2. The fourth-order valence-electron chi connectivity index (χ4n) is 2.51. The number of nitrogens with one attached hydrogen (secondary N) is 1. The van der Waals surface area contributed by atoms with Crippen LogP contribution in [0.4, 0.5) is 4.79 Å². The zero-order valence-corrected chi connectivity index (χ0v) is 15.4. The Balaban J connectivity index is 1.84. The van der Waals surface area contributed by atoms with E-state index >= 15 is 0 Å². The van der Waals surface area contributed by atoms with E-state index in [-0.39, 0.29) is 18.0 Å². The molecule has 1 aliphatic rings. The van der Waals surface area contributed by atoms with E-state index in [4.69, 9.17) is 4.74 Å². The molecule has 0 radical (unpaired) electrons. The Morgan fingerprint density at radius 3 is 2.35 bits per heavy atom. The molecule has 0 saturated carbocycles. The lowest BCUT2D eigenvalue weighted by molar-refractivity contribution is 0.0200. The van der Waals surface area contributed by atoms with Gasteiger partial charge >= 0.3 is 6.09 Å². The Bertz CT molecular complexity index is 581. The van der Waals surface area contributed by atoms with Crippen LogP contribution < -0.4 is 5.32 Å². The highest BCUT2D eigenvalue weighted by Gasteiger charge is 2.28. The van der Waals surface area contributed by atoms with Gasteiger partial charge in [-0.1, -0.05) is 0 Å². The summed E-state index contributed by atoms with van der Waals surface area (Å²) in [7, 11) is 0. The Hall–Kier alpha value is -1.56. The summed E-state index contributed by atoms with van der Waals surface area (Å²) in [6, 6.07) is 0.114. The second kappa shape index (κ2) is 6.91. The van der Waals surface area contributed by atoms with Crippen LogP contribution in [0.15, 0.2) is 5.38 Å². The molecule has 1 aliphatic heterocycles. The third-order valence-corrected chi connectivity index (χ3v) is 5.17. The van der Waals surface area contributed by atoms with Gasteiger partial charge in [0.2, 0.25) is 0 Å². The summed E-state index contributed by atoms with van der Waals surface area (Å²) in [5.41, 5.74) is 1.73. The van der Waals surface area contributed by atoms with Gasteiger partial charge in [-0.2, -0.15) is 0 Å². The molecule has 1 aromatic heterocycles. The summed E-state index contributed by atoms with van der Waals surface area (Å²) in [6.45, 7) is 10.8. The molecule has 1 aromatic rings. The maximum atomic E-state index is 12.3. The molecule has 23 heavy (non-hydrogen) atoms. The fourth-order valence-corrected chi connectivity index (χ4v) is 3.49. The Kier molecular flexibility index (Phi) is 5.34. The van der Waals surface area contributed by atoms with Crippen LogP contribution in [0.1, 0.15) is 54.4 Å². The van der Waals surface area contributed by atoms with E-state index in [2.05, 4.69) is 5.32 Å². The zero-order chi connectivity index (χ0) is 17.2. The van der Waals surface area contributed by atoms with Gasteiger partial charge in [0.25, 0.3) is 5.91 Å². The molecule has 1 N–H and O–H groups in total. The first-order valence-corrected chi connectivity index (χ1v) is 8.89. The number of ether oxygens (including phenoxy) is 1. The van der Waals surface area contributed by atoms with E-state index in [9.17, 15) is 9.59 Å². The number of amides is 2. The second-order valence-corrected chi connectivity index (χ2v) is 7.97. The third kappa shape index (κ3) is 4.70. The molecule has 0 atom stereocenters. The highest BCUT2D eigenvalue weighted by molar-refractivity contribution is 7.12. The van der Waals surface area contributed by atoms with Crippen molar-refractivity contribution in [2.45, 2.75) is 59.1 Å². The van der Waals surface area contributed by atoms with Crippen molar-refractivity contribution in [3.63, 3.8) is 0 Å². The quantitative estimate of drug-likeness (QED) is 0.898. The number of aryl methyl sites for hydroxylation is 1. The van der Waals surface area contributed by atoms with Crippen molar-refractivity contribution in [2.75, 3.05) is 13.1 Å². The first kappa shape index (κ1) is 17.8. The van der Waals surface area contributed by atoms with Crippen molar-refractivity contribution in [1.29, 1.82) is 0 Å². The van der Waals surface area contributed by atoms with Crippen LogP contribution in [0, 0.1) is 13.8 Å². The maximum absolute atomic E-state index is 12.3. The van der Waals surface area contributed by atoms with Gasteiger partial charge in [-0.15, -0.1) is 11.3 Å². The standard InChI is InChI=1S/C17H26N2O3S/c1-11-10-23-14(12(11)2)15(20)18-13-6-8-19(9-7-13)16(21)22-17(3,4)5/h10,13H,6-9H2,1-5H3,(H,18,20). The van der Waals surface area contributed by atoms with Crippen molar-refractivity contribution in [1.82, 2.24) is 10.2 Å². The number of hydrogen-bond acceptors (Lipinski definition) is 4. The molecule has 2 heterocycles. The topological polar surface area (TPSA) is 58.6 Å². The molecule has 0 aromatic carbocycles. The lowest BCUT2D eigenvalue weighted by Crippen LogP contribution is -2.47. The lowest BCUT2D eigenvalue weighted by Gasteiger charge is -2.33. The number of hydrogen-bond donors (Lipinski definition) is 1. The van der Waals surface area contributed by atoms with Gasteiger partial charge in [0.05, 0.1) is 4.88 Å². The first-order valence-electron chi connectivity index (χ1n) is 8.01. The Labute approximate surface area is 142 Å². The minimum Gasteiger partial charge on any atom is -0.444 e. The predicted molar refractivity (Wildman–Crippen MR) is 92.1 cm³/mol. The molecule has 0 spiro atoms. The largest absolute Gasteiger partial charge is 0.444 e. The van der Waals surface area contributed by atoms with Gasteiger partial charge in [0.1, 0.15) is 5.60 Å². The molecule has 1 fully saturated rings. The number of thiophene rings is 1. The van der Waals surface area contributed by atoms with Crippen molar-refractivity contribution >= 4 is 23.3 Å². The van der Waals surface area contributed by atoms with E-state index in [1.165, 1.54) is 11.3 Å². The van der Waals surface area contributed by atoms with Crippen LogP contribution in [0.2, 0.25) is 0 Å². The van der Waals surface area contributed by atoms with Crippen LogP contribution in [0.5, 0.6) is 0 Å². The van der Waals surface area contributed by atoms with E-state index in [0.29, 0.717) is 13.1 Å². The molecule has 1 saturated heterocycles. The zero-order valence-electron chi connectivity index (χ0n) is 14.6. The number of likely N-dealkylation sites (tertiary alicyclic amines) is 1. The molecular weight excluding hydrogens is 312 g/mol. The van der Waals surface area contributed by atoms with Gasteiger partial charge in [-0.05, 0) is 64.0 Å². The number of carbonyl (C=O) groups is 2. The van der Waals surface area contributed by atoms with Crippen LogP contribution in [0.25, 0.3) is 0 Å². The Morgan fingerprint density at radius 2 is 1.87 bits per heavy atom. The predicted octanol–water partition coefficient (Wildman–Crippen LogP) is 3.49. The van der Waals surface area contributed by atoms with Crippen LogP contribution in [-0.2, 0) is 4.74 Å². The average Bonchev–Trinajstić information content (AvgIpc) is 2.78. The van der Waals surface area contributed by atoms with E-state index in [1.54, 1.807) is 4.90 Å². The third-order valence-electron chi connectivity index (χ3n) is 3.97. The molecule has 0 unspecified atom stereocenters. The minimum atomic E-state index is -0.475. The fraction of sp³-hybridized carbons (Fsp3) is 0.647. The normalized spacial score (nSPS) is 16.3. The van der Waals surface area contributed by atoms with Crippen molar-refractivity contribution in [3.05, 3.63) is 21.4 Å². The van der Waals surface area contributed by atoms with Gasteiger partial charge in [-0.3, -0.25) is 4.79 Å². The van der Waals surface area contributed by atoms with Gasteiger partial charge < -0.3 is 15.0 Å². The summed E-state index contributed by atoms with van der Waals surface area (Å²) in [5, 5.41) is 5.10. The molecule has 128 valence electrons. The average molecular weight is 338 g/mol. The molecule has 0 bridgehead atoms. The molecule has 6 heteroatoms. The number of nitrogens with zero attached hydrogens (tertiary/aromatic N) is 1. The van der Waals surface area contributed by atoms with E-state index in [0.717, 1.165) is 28.8 Å². The lowest BCUT2D eigenvalue weighted by atomic mass is 10.0. The van der Waals surface area contributed by atoms with Gasteiger partial charge in [0.15, 0.2) is 0 Å². The smallest absolute Gasteiger partial charge is 0.410 e. The first-order chi connectivity index (χ1) is 10.7. The van der Waals surface area contributed by atoms with E-state index < -0.39 is 5.60 Å². The van der Waals surface area contributed by atoms with Gasteiger partial charge in [-0.25, -0.2) is 4.79 Å². The summed E-state index contributed by atoms with van der Waals surface area (Å²) in [6.07, 6.45) is 1.25. The van der Waals surface area contributed by atoms with Crippen LogP contribution in [-0.4, -0.2) is 41.6 Å². The van der Waals surface area contributed by atoms with Gasteiger partial charge in [0, 0.05) is 19.1 Å². The maximum Gasteiger partial charge on any atom is 0.410 e. The minimum absolute atomic E-state index is 0.00341. The molecule has 5 nitrogen and oxygen atoms in total. The summed E-state index contributed by atoms with van der Waals surface area (Å²) in [4.78, 5) is 26.9. The summed E-state index contributed by atoms with van der Waals surface area (Å²) < 4.78 is 5.38. The molecular formula is C17H26N2O3S. The summed E-state index contributed by atoms with van der Waals surface area (Å²) in [5.74, 6) is -0.00341. The Morgan fingerprint density at radius 1 is 1.26 bits per heavy atom. The molecule has 2 amide bonds. The molecule has 2 rings (SSSR count). The SMILES string of the molecule is Cc1csc(C(=O)NC2CCN(C(=O)OC(C)(C)C)CC2)c1C. The highest BCUT2D eigenvalue weighted by atomic mass is 32.1. The number of carbonyl (C=O) groups excluding carboxylic acids is 2. The van der Waals surface area contributed by atoms with Crippen molar-refractivity contribution in [3.8, 4) is 0 Å². The monoisotopic (exact) mass is 338 g/mol. The van der Waals surface area contributed by atoms with Crippen molar-refractivity contribution < 1.29 is 14.3 Å². The van der Waals surface area contributed by atoms with Crippen LogP contribution in [0.3, 0.4) is 0 Å². The molecule has 0 aliphatic carbocycles.